The van der Waals surface area contributed by atoms with Crippen molar-refractivity contribution in [3.05, 3.63) is 18.2 Å². The lowest BCUT2D eigenvalue weighted by Crippen LogP contribution is -1.92. The van der Waals surface area contributed by atoms with Gasteiger partial charge in [0.1, 0.15) is 17.9 Å². The van der Waals surface area contributed by atoms with Crippen LogP contribution in [0.25, 0.3) is 10.2 Å². The van der Waals surface area contributed by atoms with E-state index in [1.807, 2.05) is 12.1 Å². The number of hydrogen-bond donors (Lipinski definition) is 0. The molecule has 0 spiro atoms. The molecule has 1 aromatic heterocycles. The van der Waals surface area contributed by atoms with Crippen molar-refractivity contribution >= 4 is 26.7 Å². The van der Waals surface area contributed by atoms with Crippen LogP contribution in [0.5, 0.6) is 5.75 Å². The van der Waals surface area contributed by atoms with Crippen molar-refractivity contribution in [3.8, 4) is 17.9 Å². The van der Waals surface area contributed by atoms with Gasteiger partial charge in [0.25, 0.3) is 0 Å². The average Bonchev–Trinajstić information content (AvgIpc) is 2.81. The maximum atomic E-state index is 8.55. The Balaban J connectivity index is 2.31. The van der Waals surface area contributed by atoms with Gasteiger partial charge in [-0.05, 0) is 18.2 Å². The fraction of sp³-hybridized carbons (Fsp3) is 0.182. The van der Waals surface area contributed by atoms with E-state index in [4.69, 9.17) is 15.3 Å². The summed E-state index contributed by atoms with van der Waals surface area (Å²) in [6.07, 6.45) is 0. The molecule has 0 saturated heterocycles. The summed E-state index contributed by atoms with van der Waals surface area (Å²) in [4.78, 5) is 4.21. The van der Waals surface area contributed by atoms with E-state index in [1.54, 1.807) is 25.3 Å². The van der Waals surface area contributed by atoms with Crippen LogP contribution in [0.3, 0.4) is 0 Å². The summed E-state index contributed by atoms with van der Waals surface area (Å²) in [6, 6.07) is 7.79. The Labute approximate surface area is 107 Å². The monoisotopic (exact) mass is 257 g/mol. The number of benzene rings is 1. The molecule has 0 aliphatic rings. The lowest BCUT2D eigenvalue weighted by molar-refractivity contribution is 0.415. The molecule has 2 rings (SSSR count). The fourth-order valence-corrected chi connectivity index (χ4v) is 2.07. The Morgan fingerprint density at radius 2 is 2.17 bits per heavy atom. The molecule has 18 heavy (non-hydrogen) atoms. The zero-order valence-corrected chi connectivity index (χ0v) is 10.2. The number of hydrogen-bond acceptors (Lipinski definition) is 7. The van der Waals surface area contributed by atoms with E-state index in [0.29, 0.717) is 5.13 Å². The topological polar surface area (TPSA) is 94.4 Å². The molecule has 0 unspecified atom stereocenters. The summed E-state index contributed by atoms with van der Waals surface area (Å²) in [5.74, 6) is 0.738. The summed E-state index contributed by atoms with van der Waals surface area (Å²) < 4.78 is 6.01. The Morgan fingerprint density at radius 3 is 2.83 bits per heavy atom. The van der Waals surface area contributed by atoms with Crippen LogP contribution in [0, 0.1) is 22.7 Å². The number of nitriles is 2. The minimum atomic E-state index is -1.09. The molecule has 0 aliphatic heterocycles. The summed E-state index contributed by atoms with van der Waals surface area (Å²) >= 11 is 1.32. The highest BCUT2D eigenvalue weighted by Crippen LogP contribution is 2.30. The second kappa shape index (κ2) is 5.21. The van der Waals surface area contributed by atoms with Gasteiger partial charge in [-0.1, -0.05) is 11.3 Å². The number of thiazole rings is 1. The molecule has 0 fully saturated rings. The van der Waals surface area contributed by atoms with Crippen molar-refractivity contribution in [2.24, 2.45) is 10.2 Å². The first kappa shape index (κ1) is 12.0. The van der Waals surface area contributed by atoms with E-state index < -0.39 is 6.04 Å². The Morgan fingerprint density at radius 1 is 1.39 bits per heavy atom. The number of methoxy groups -OCH3 is 1. The molecule has 6 nitrogen and oxygen atoms in total. The van der Waals surface area contributed by atoms with E-state index in [2.05, 4.69) is 15.2 Å². The first-order chi connectivity index (χ1) is 8.76. The quantitative estimate of drug-likeness (QED) is 0.790. The van der Waals surface area contributed by atoms with Gasteiger partial charge in [0.05, 0.1) is 17.3 Å². The van der Waals surface area contributed by atoms with Crippen LogP contribution >= 0.6 is 11.3 Å². The fourth-order valence-electron chi connectivity index (χ4n) is 1.25. The molecule has 0 radical (unpaired) electrons. The summed E-state index contributed by atoms with van der Waals surface area (Å²) in [5, 5.41) is 24.9. The van der Waals surface area contributed by atoms with E-state index in [-0.39, 0.29) is 0 Å². The minimum Gasteiger partial charge on any atom is -0.497 e. The maximum absolute atomic E-state index is 8.55. The van der Waals surface area contributed by atoms with Gasteiger partial charge in [-0.25, -0.2) is 4.98 Å². The molecular formula is C11H7N5OS. The van der Waals surface area contributed by atoms with Gasteiger partial charge in [0.2, 0.25) is 11.2 Å². The smallest absolute Gasteiger partial charge is 0.242 e. The van der Waals surface area contributed by atoms with E-state index in [9.17, 15) is 0 Å². The van der Waals surface area contributed by atoms with Crippen LogP contribution in [0.4, 0.5) is 5.13 Å². The van der Waals surface area contributed by atoms with Gasteiger partial charge in [0, 0.05) is 0 Å². The molecule has 1 heterocycles. The Kier molecular flexibility index (Phi) is 3.46. The largest absolute Gasteiger partial charge is 0.497 e. The SMILES string of the molecule is COc1ccc2nc(N=NC(C#N)C#N)sc2c1. The van der Waals surface area contributed by atoms with Gasteiger partial charge < -0.3 is 4.74 Å². The second-order valence-corrected chi connectivity index (χ2v) is 4.22. The minimum absolute atomic E-state index is 0.411. The standard InChI is InChI=1S/C11H7N5OS/c1-17-8-2-3-9-10(4-8)18-11(14-9)16-15-7(5-12)6-13/h2-4,7H,1H3. The van der Waals surface area contributed by atoms with E-state index in [1.165, 1.54) is 11.3 Å². The third kappa shape index (κ3) is 2.42. The van der Waals surface area contributed by atoms with Gasteiger partial charge >= 0.3 is 0 Å². The summed E-state index contributed by atoms with van der Waals surface area (Å²) in [6.45, 7) is 0. The first-order valence-electron chi connectivity index (χ1n) is 4.91. The van der Waals surface area contributed by atoms with E-state index >= 15 is 0 Å². The third-order valence-electron chi connectivity index (χ3n) is 2.09. The number of fused-ring (bicyclic) bond motifs is 1. The number of ether oxygens (including phenoxy) is 1. The van der Waals surface area contributed by atoms with Crippen molar-refractivity contribution in [3.63, 3.8) is 0 Å². The summed E-state index contributed by atoms with van der Waals surface area (Å²) in [5.41, 5.74) is 0.778. The van der Waals surface area contributed by atoms with Crippen LogP contribution in [0.15, 0.2) is 28.4 Å². The van der Waals surface area contributed by atoms with Crippen molar-refractivity contribution in [2.75, 3.05) is 7.11 Å². The van der Waals surface area contributed by atoms with Crippen molar-refractivity contribution in [1.82, 2.24) is 4.98 Å². The maximum Gasteiger partial charge on any atom is 0.242 e. The van der Waals surface area contributed by atoms with Crippen molar-refractivity contribution < 1.29 is 4.74 Å². The molecule has 0 aliphatic carbocycles. The van der Waals surface area contributed by atoms with Crippen LogP contribution in [0.2, 0.25) is 0 Å². The molecule has 7 heteroatoms. The molecular weight excluding hydrogens is 250 g/mol. The van der Waals surface area contributed by atoms with E-state index in [0.717, 1.165) is 16.0 Å². The second-order valence-electron chi connectivity index (χ2n) is 3.21. The predicted molar refractivity (Wildman–Crippen MR) is 65.7 cm³/mol. The van der Waals surface area contributed by atoms with Gasteiger partial charge in [-0.2, -0.15) is 15.6 Å². The molecule has 0 bridgehead atoms. The molecule has 0 saturated carbocycles. The predicted octanol–water partition coefficient (Wildman–Crippen LogP) is 2.80. The lowest BCUT2D eigenvalue weighted by Gasteiger charge is -1.96. The molecule has 0 amide bonds. The summed E-state index contributed by atoms with van der Waals surface area (Å²) in [7, 11) is 1.59. The Hall–Kier alpha value is -2.51. The highest BCUT2D eigenvalue weighted by atomic mass is 32.1. The highest BCUT2D eigenvalue weighted by Gasteiger charge is 2.06. The third-order valence-corrected chi connectivity index (χ3v) is 2.99. The molecule has 0 atom stereocenters. The lowest BCUT2D eigenvalue weighted by atomic mass is 10.3. The normalized spacial score (nSPS) is 10.7. The van der Waals surface area contributed by atoms with Gasteiger partial charge in [0.15, 0.2) is 0 Å². The highest BCUT2D eigenvalue weighted by molar-refractivity contribution is 7.21. The zero-order chi connectivity index (χ0) is 13.0. The zero-order valence-electron chi connectivity index (χ0n) is 9.36. The number of rotatable bonds is 3. The van der Waals surface area contributed by atoms with Crippen molar-refractivity contribution in [1.29, 1.82) is 10.5 Å². The molecule has 2 aromatic rings. The number of azo groups is 1. The van der Waals surface area contributed by atoms with Crippen LogP contribution in [-0.4, -0.2) is 18.1 Å². The average molecular weight is 257 g/mol. The first-order valence-corrected chi connectivity index (χ1v) is 5.73. The molecule has 88 valence electrons. The number of nitrogens with zero attached hydrogens (tertiary/aromatic N) is 5. The van der Waals surface area contributed by atoms with Crippen LogP contribution in [-0.2, 0) is 0 Å². The van der Waals surface area contributed by atoms with Gasteiger partial charge in [-0.15, -0.1) is 5.11 Å². The van der Waals surface area contributed by atoms with Crippen molar-refractivity contribution in [2.45, 2.75) is 6.04 Å². The Bertz CT molecular complexity index is 665. The molecule has 1 aromatic carbocycles. The number of aromatic nitrogens is 1. The van der Waals surface area contributed by atoms with Crippen LogP contribution < -0.4 is 4.74 Å². The van der Waals surface area contributed by atoms with Crippen LogP contribution in [0.1, 0.15) is 0 Å². The molecule has 0 N–H and O–H groups in total. The van der Waals surface area contributed by atoms with Gasteiger partial charge in [-0.3, -0.25) is 0 Å².